The first-order valence-electron chi connectivity index (χ1n) is 4.61. The summed E-state index contributed by atoms with van der Waals surface area (Å²) < 4.78 is 0. The van der Waals surface area contributed by atoms with Gasteiger partial charge in [-0.25, -0.2) is 0 Å². The number of rotatable bonds is 4. The van der Waals surface area contributed by atoms with E-state index in [1.807, 2.05) is 0 Å². The summed E-state index contributed by atoms with van der Waals surface area (Å²) in [6, 6.07) is 3.84. The first-order valence-corrected chi connectivity index (χ1v) is 5.73. The minimum absolute atomic E-state index is 0.0225. The van der Waals surface area contributed by atoms with Crippen molar-refractivity contribution < 1.29 is 14.5 Å². The van der Waals surface area contributed by atoms with Crippen molar-refractivity contribution in [3.8, 4) is 0 Å². The molecule has 0 aliphatic carbocycles. The number of Topliss-reactive ketones (excluding diaryl/α,β-unsaturated/α-hetero) is 1. The van der Waals surface area contributed by atoms with E-state index >= 15 is 0 Å². The van der Waals surface area contributed by atoms with E-state index in [-0.39, 0.29) is 22.5 Å². The molecule has 0 bridgehead atoms. The van der Waals surface area contributed by atoms with E-state index < -0.39 is 10.8 Å². The van der Waals surface area contributed by atoms with Crippen molar-refractivity contribution >= 4 is 39.0 Å². The first-order chi connectivity index (χ1) is 7.95. The van der Waals surface area contributed by atoms with Crippen LogP contribution in [0.25, 0.3) is 0 Å². The van der Waals surface area contributed by atoms with Crippen LogP contribution in [-0.4, -0.2) is 21.9 Å². The molecule has 1 aromatic carbocycles. The van der Waals surface area contributed by atoms with E-state index in [1.165, 1.54) is 25.1 Å². The van der Waals surface area contributed by atoms with Gasteiger partial charge in [0.05, 0.1) is 10.3 Å². The molecule has 0 aliphatic rings. The molecular formula is C10H9BrN2O4. The van der Waals surface area contributed by atoms with Gasteiger partial charge in [0, 0.05) is 18.6 Å². The molecule has 0 radical (unpaired) electrons. The number of hydrogen-bond acceptors (Lipinski definition) is 4. The molecule has 0 unspecified atom stereocenters. The zero-order valence-electron chi connectivity index (χ0n) is 8.90. The highest BCUT2D eigenvalue weighted by Crippen LogP contribution is 2.25. The van der Waals surface area contributed by atoms with Crippen molar-refractivity contribution in [3.05, 3.63) is 33.9 Å². The molecule has 6 nitrogen and oxygen atoms in total. The smallest absolute Gasteiger partial charge is 0.292 e. The van der Waals surface area contributed by atoms with Crippen LogP contribution in [0.15, 0.2) is 18.2 Å². The van der Waals surface area contributed by atoms with Gasteiger partial charge in [-0.1, -0.05) is 15.9 Å². The zero-order chi connectivity index (χ0) is 13.0. The van der Waals surface area contributed by atoms with Crippen LogP contribution in [0.2, 0.25) is 0 Å². The molecule has 1 N–H and O–H groups in total. The van der Waals surface area contributed by atoms with Crippen LogP contribution in [0.3, 0.4) is 0 Å². The van der Waals surface area contributed by atoms with Crippen LogP contribution in [0.1, 0.15) is 17.3 Å². The zero-order valence-corrected chi connectivity index (χ0v) is 10.5. The Morgan fingerprint density at radius 3 is 2.59 bits per heavy atom. The Bertz CT molecular complexity index is 487. The molecule has 0 fully saturated rings. The maximum atomic E-state index is 11.4. The lowest BCUT2D eigenvalue weighted by atomic mass is 10.1. The summed E-state index contributed by atoms with van der Waals surface area (Å²) in [5.74, 6) is -0.650. The number of carbonyl (C=O) groups is 2. The summed E-state index contributed by atoms with van der Waals surface area (Å²) in [7, 11) is 0. The van der Waals surface area contributed by atoms with Crippen molar-refractivity contribution in [2.75, 3.05) is 10.6 Å². The van der Waals surface area contributed by atoms with Crippen molar-refractivity contribution in [3.63, 3.8) is 0 Å². The molecular weight excluding hydrogens is 292 g/mol. The number of carbonyl (C=O) groups excluding carboxylic acids is 2. The molecule has 0 atom stereocenters. The maximum absolute atomic E-state index is 11.4. The van der Waals surface area contributed by atoms with E-state index in [0.29, 0.717) is 5.56 Å². The Hall–Kier alpha value is -1.76. The molecule has 90 valence electrons. The summed E-state index contributed by atoms with van der Waals surface area (Å²) in [5, 5.41) is 13.2. The average molecular weight is 301 g/mol. The lowest BCUT2D eigenvalue weighted by Gasteiger charge is -2.05. The Kier molecular flexibility index (Phi) is 4.33. The molecule has 0 saturated carbocycles. The third-order valence-electron chi connectivity index (χ3n) is 1.95. The number of benzene rings is 1. The summed E-state index contributed by atoms with van der Waals surface area (Å²) in [6.45, 7) is 1.24. The number of hydrogen-bond donors (Lipinski definition) is 1. The second-order valence-electron chi connectivity index (χ2n) is 3.23. The minimum Gasteiger partial charge on any atom is -0.321 e. The van der Waals surface area contributed by atoms with Gasteiger partial charge in [-0.05, 0) is 12.1 Å². The normalized spacial score (nSPS) is 9.76. The summed E-state index contributed by atoms with van der Waals surface area (Å²) in [6.07, 6.45) is 0. The summed E-state index contributed by atoms with van der Waals surface area (Å²) >= 11 is 3.00. The molecule has 0 aliphatic heterocycles. The monoisotopic (exact) mass is 300 g/mol. The van der Waals surface area contributed by atoms with Crippen LogP contribution in [0.4, 0.5) is 11.4 Å². The number of nitro benzene ring substituents is 1. The van der Waals surface area contributed by atoms with Crippen molar-refractivity contribution in [2.45, 2.75) is 6.92 Å². The Balaban J connectivity index is 3.23. The SMILES string of the molecule is CC(=O)Nc1cc(C(=O)CBr)ccc1[N+](=O)[O-]. The number of alkyl halides is 1. The fraction of sp³-hybridized carbons (Fsp3) is 0.200. The van der Waals surface area contributed by atoms with E-state index in [1.54, 1.807) is 0 Å². The number of halogens is 1. The standard InChI is InChI=1S/C10H9BrN2O4/c1-6(14)12-8-4-7(10(15)5-11)2-3-9(8)13(16)17/h2-4H,5H2,1H3,(H,12,14). The second-order valence-corrected chi connectivity index (χ2v) is 3.79. The van der Waals surface area contributed by atoms with Gasteiger partial charge in [0.2, 0.25) is 5.91 Å². The number of nitrogens with zero attached hydrogens (tertiary/aromatic N) is 1. The van der Waals surface area contributed by atoms with E-state index in [2.05, 4.69) is 21.2 Å². The van der Waals surface area contributed by atoms with Crippen LogP contribution >= 0.6 is 15.9 Å². The minimum atomic E-state index is -0.617. The number of nitro groups is 1. The highest BCUT2D eigenvalue weighted by molar-refractivity contribution is 9.09. The number of ketones is 1. The van der Waals surface area contributed by atoms with Crippen molar-refractivity contribution in [1.82, 2.24) is 0 Å². The second kappa shape index (κ2) is 5.53. The van der Waals surface area contributed by atoms with Crippen molar-refractivity contribution in [2.24, 2.45) is 0 Å². The van der Waals surface area contributed by atoms with Gasteiger partial charge in [0.25, 0.3) is 5.69 Å². The third kappa shape index (κ3) is 3.35. The number of nitrogens with one attached hydrogen (secondary N) is 1. The largest absolute Gasteiger partial charge is 0.321 e. The fourth-order valence-electron chi connectivity index (χ4n) is 1.24. The molecule has 0 saturated heterocycles. The van der Waals surface area contributed by atoms with Gasteiger partial charge in [0.1, 0.15) is 5.69 Å². The van der Waals surface area contributed by atoms with Crippen LogP contribution in [-0.2, 0) is 4.79 Å². The lowest BCUT2D eigenvalue weighted by Crippen LogP contribution is -2.10. The predicted molar refractivity (Wildman–Crippen MR) is 65.5 cm³/mol. The summed E-state index contributed by atoms with van der Waals surface area (Å²) in [4.78, 5) is 32.4. The lowest BCUT2D eigenvalue weighted by molar-refractivity contribution is -0.383. The van der Waals surface area contributed by atoms with Crippen LogP contribution < -0.4 is 5.32 Å². The van der Waals surface area contributed by atoms with E-state index in [4.69, 9.17) is 0 Å². The number of anilines is 1. The Morgan fingerprint density at radius 1 is 1.47 bits per heavy atom. The number of amides is 1. The Morgan fingerprint density at radius 2 is 2.12 bits per heavy atom. The molecule has 1 aromatic rings. The van der Waals surface area contributed by atoms with Crippen LogP contribution in [0.5, 0.6) is 0 Å². The van der Waals surface area contributed by atoms with Gasteiger partial charge in [-0.3, -0.25) is 19.7 Å². The van der Waals surface area contributed by atoms with Gasteiger partial charge < -0.3 is 5.32 Å². The molecule has 1 amide bonds. The van der Waals surface area contributed by atoms with Crippen molar-refractivity contribution in [1.29, 1.82) is 0 Å². The summed E-state index contributed by atoms with van der Waals surface area (Å²) in [5.41, 5.74) is 0.0804. The highest BCUT2D eigenvalue weighted by atomic mass is 79.9. The molecule has 1 rings (SSSR count). The first kappa shape index (κ1) is 13.3. The van der Waals surface area contributed by atoms with Gasteiger partial charge in [0.15, 0.2) is 5.78 Å². The van der Waals surface area contributed by atoms with Crippen LogP contribution in [0, 0.1) is 10.1 Å². The van der Waals surface area contributed by atoms with Gasteiger partial charge in [-0.15, -0.1) is 0 Å². The molecule has 0 aromatic heterocycles. The molecule has 7 heteroatoms. The topological polar surface area (TPSA) is 89.3 Å². The average Bonchev–Trinajstić information content (AvgIpc) is 2.26. The molecule has 0 spiro atoms. The quantitative estimate of drug-likeness (QED) is 0.399. The Labute approximate surface area is 105 Å². The van der Waals surface area contributed by atoms with Gasteiger partial charge in [-0.2, -0.15) is 0 Å². The van der Waals surface area contributed by atoms with E-state index in [0.717, 1.165) is 0 Å². The third-order valence-corrected chi connectivity index (χ3v) is 2.46. The molecule has 0 heterocycles. The predicted octanol–water partition coefficient (Wildman–Crippen LogP) is 2.13. The highest BCUT2D eigenvalue weighted by Gasteiger charge is 2.17. The molecule has 17 heavy (non-hydrogen) atoms. The maximum Gasteiger partial charge on any atom is 0.292 e. The van der Waals surface area contributed by atoms with E-state index in [9.17, 15) is 19.7 Å². The fourth-order valence-corrected chi connectivity index (χ4v) is 1.56. The van der Waals surface area contributed by atoms with Gasteiger partial charge >= 0.3 is 0 Å².